The SMILES string of the molecule is CC=C(C(=O)OC1Cc2c3c(c4oc(CO)cc(=O)c4c2O)C2C4=CCNC(N)=C4C(CCc4ccc(O)cc4C2CO)C2CCC4=CC(NCC)NC=C4CC2C1(C)O3)C1(O)CC2CC1CC1c3c2cccc3C(O)C2CC(O)C=CC12. The summed E-state index contributed by atoms with van der Waals surface area (Å²) in [6, 6.07) is 12.5. The third-order valence-electron chi connectivity index (χ3n) is 21.8. The number of carbonyl (C=O) groups is 1. The highest BCUT2D eigenvalue weighted by Crippen LogP contribution is 2.64. The van der Waals surface area contributed by atoms with Gasteiger partial charge in [0, 0.05) is 54.1 Å². The molecule has 16 heteroatoms. The maximum atomic E-state index is 15.9. The number of rotatable bonds is 7. The van der Waals surface area contributed by atoms with E-state index in [1.54, 1.807) is 25.1 Å². The Bertz CT molecular complexity index is 3630. The van der Waals surface area contributed by atoms with Gasteiger partial charge in [-0.2, -0.15) is 0 Å². The predicted molar refractivity (Wildman–Crippen MR) is 310 cm³/mol. The van der Waals surface area contributed by atoms with Crippen molar-refractivity contribution in [1.82, 2.24) is 16.0 Å². The van der Waals surface area contributed by atoms with Gasteiger partial charge in [0.1, 0.15) is 58.1 Å². The van der Waals surface area contributed by atoms with E-state index < -0.39 is 77.6 Å². The molecule has 14 rings (SSSR count). The fraction of sp³-hybridized carbons (Fsp3) is 0.493. The lowest BCUT2D eigenvalue weighted by molar-refractivity contribution is -0.171. The van der Waals surface area contributed by atoms with Crippen LogP contribution in [0.2, 0.25) is 0 Å². The van der Waals surface area contributed by atoms with Gasteiger partial charge in [-0.15, -0.1) is 0 Å². The molecule has 12 N–H and O–H groups in total. The third-order valence-corrected chi connectivity index (χ3v) is 21.8. The Labute approximate surface area is 482 Å². The molecular formula is C67H76N4O12. The van der Waals surface area contributed by atoms with Gasteiger partial charge < -0.3 is 66.0 Å². The lowest BCUT2D eigenvalue weighted by atomic mass is 9.60. The van der Waals surface area contributed by atoms with Gasteiger partial charge in [0.2, 0.25) is 0 Å². The maximum absolute atomic E-state index is 15.9. The summed E-state index contributed by atoms with van der Waals surface area (Å²) in [5.41, 5.74) is 13.0. The van der Waals surface area contributed by atoms with Crippen LogP contribution in [0.1, 0.15) is 147 Å². The molecule has 6 aliphatic carbocycles. The van der Waals surface area contributed by atoms with Crippen molar-refractivity contribution in [3.05, 3.63) is 168 Å². The summed E-state index contributed by atoms with van der Waals surface area (Å²) in [5, 5.41) is 93.6. The largest absolute Gasteiger partial charge is 0.508 e. The Morgan fingerprint density at radius 2 is 1.80 bits per heavy atom. The number of aromatic hydroxyl groups is 2. The van der Waals surface area contributed by atoms with Crippen molar-refractivity contribution >= 4 is 16.9 Å². The number of aliphatic hydroxyl groups excluding tert-OH is 4. The molecule has 1 aromatic heterocycles. The van der Waals surface area contributed by atoms with Crippen LogP contribution >= 0.6 is 0 Å². The molecule has 0 spiro atoms. The molecule has 4 aliphatic heterocycles. The number of ether oxygens (including phenoxy) is 2. The second-order valence-electron chi connectivity index (χ2n) is 25.7. The van der Waals surface area contributed by atoms with Gasteiger partial charge in [-0.1, -0.05) is 55.5 Å². The normalized spacial score (nSPS) is 35.5. The molecule has 2 fully saturated rings. The number of dihydropyridines is 2. The first-order chi connectivity index (χ1) is 40.1. The topological polar surface area (TPSA) is 269 Å². The molecule has 6 bridgehead atoms. The Morgan fingerprint density at radius 3 is 2.59 bits per heavy atom. The Morgan fingerprint density at radius 1 is 0.964 bits per heavy atom. The van der Waals surface area contributed by atoms with Gasteiger partial charge in [-0.05, 0) is 188 Å². The summed E-state index contributed by atoms with van der Waals surface area (Å²) in [7, 11) is 0. The average molecular weight is 1130 g/mol. The zero-order valence-electron chi connectivity index (χ0n) is 47.2. The van der Waals surface area contributed by atoms with Gasteiger partial charge in [-0.3, -0.25) is 10.1 Å². The van der Waals surface area contributed by atoms with Crippen LogP contribution in [0.5, 0.6) is 17.2 Å². The Kier molecular flexibility index (Phi) is 13.3. The molecule has 436 valence electrons. The van der Waals surface area contributed by atoms with Gasteiger partial charge in [-0.25, -0.2) is 4.79 Å². The molecule has 0 amide bonds. The molecule has 5 heterocycles. The van der Waals surface area contributed by atoms with E-state index in [9.17, 15) is 40.5 Å². The minimum absolute atomic E-state index is 0.0126. The fourth-order valence-corrected chi connectivity index (χ4v) is 18.2. The van der Waals surface area contributed by atoms with E-state index in [-0.39, 0.29) is 99.8 Å². The van der Waals surface area contributed by atoms with E-state index in [4.69, 9.17) is 19.6 Å². The third kappa shape index (κ3) is 8.27. The first kappa shape index (κ1) is 54.3. The molecule has 16 unspecified atom stereocenters. The van der Waals surface area contributed by atoms with Crippen molar-refractivity contribution < 1.29 is 54.4 Å². The maximum Gasteiger partial charge on any atom is 0.337 e. The average Bonchev–Trinajstić information content (AvgIpc) is 3.86. The summed E-state index contributed by atoms with van der Waals surface area (Å²) in [6.45, 7) is 5.86. The highest BCUT2D eigenvalue weighted by molar-refractivity contribution is 5.93. The number of fused-ring (bicyclic) bond motifs is 14. The van der Waals surface area contributed by atoms with Crippen LogP contribution in [0.25, 0.3) is 11.0 Å². The summed E-state index contributed by atoms with van der Waals surface area (Å²) in [5.74, 6) is -4.02. The number of likely N-dealkylation sites (N-methyl/N-ethyl adjacent to an activating group) is 1. The van der Waals surface area contributed by atoms with E-state index in [1.165, 1.54) is 5.57 Å². The van der Waals surface area contributed by atoms with Gasteiger partial charge >= 0.3 is 5.97 Å². The molecule has 0 radical (unpaired) electrons. The van der Waals surface area contributed by atoms with Crippen LogP contribution in [0, 0.1) is 35.5 Å². The van der Waals surface area contributed by atoms with Crippen LogP contribution in [-0.4, -0.2) is 91.0 Å². The number of hydrogen-bond acceptors (Lipinski definition) is 16. The van der Waals surface area contributed by atoms with Crippen molar-refractivity contribution in [3.63, 3.8) is 0 Å². The molecular weight excluding hydrogens is 1050 g/mol. The Balaban J connectivity index is 0.964. The van der Waals surface area contributed by atoms with Crippen LogP contribution in [-0.2, 0) is 29.0 Å². The van der Waals surface area contributed by atoms with Crippen LogP contribution in [0.3, 0.4) is 0 Å². The zero-order valence-corrected chi connectivity index (χ0v) is 47.2. The predicted octanol–water partition coefficient (Wildman–Crippen LogP) is 7.16. The number of phenols is 2. The number of carbonyl (C=O) groups excluding carboxylic acids is 1. The van der Waals surface area contributed by atoms with E-state index in [0.29, 0.717) is 74.9 Å². The van der Waals surface area contributed by atoms with E-state index >= 15 is 4.79 Å². The molecule has 16 atom stereocenters. The van der Waals surface area contributed by atoms with Crippen molar-refractivity contribution in [2.45, 2.75) is 151 Å². The number of allylic oxidation sites excluding steroid dienone is 6. The number of nitrogens with two attached hydrogens (primary N) is 1. The van der Waals surface area contributed by atoms with Crippen LogP contribution in [0.4, 0.5) is 0 Å². The number of benzene rings is 3. The lowest BCUT2D eigenvalue weighted by Gasteiger charge is -2.52. The summed E-state index contributed by atoms with van der Waals surface area (Å²) < 4.78 is 21.6. The highest BCUT2D eigenvalue weighted by Gasteiger charge is 2.61. The Hall–Kier alpha value is -6.66. The number of nitrogens with one attached hydrogen (secondary N) is 3. The van der Waals surface area contributed by atoms with Crippen molar-refractivity contribution in [3.8, 4) is 17.2 Å². The molecule has 4 aromatic rings. The van der Waals surface area contributed by atoms with Gasteiger partial charge in [0.15, 0.2) is 5.43 Å². The van der Waals surface area contributed by atoms with Gasteiger partial charge in [0.25, 0.3) is 0 Å². The summed E-state index contributed by atoms with van der Waals surface area (Å²) in [6.07, 6.45) is 14.0. The molecule has 3 aromatic carbocycles. The molecule has 16 nitrogen and oxygen atoms in total. The number of aliphatic hydroxyl groups is 5. The second kappa shape index (κ2) is 20.3. The number of phenolic OH excluding ortho intramolecular Hbond substituents is 2. The lowest BCUT2D eigenvalue weighted by Crippen LogP contribution is -2.59. The molecule has 83 heavy (non-hydrogen) atoms. The van der Waals surface area contributed by atoms with Gasteiger partial charge in [0.05, 0.1) is 36.2 Å². The number of esters is 1. The zero-order chi connectivity index (χ0) is 57.5. The number of aryl methyl sites for hydroxylation is 1. The highest BCUT2D eigenvalue weighted by atomic mass is 16.6. The van der Waals surface area contributed by atoms with E-state index in [0.717, 1.165) is 51.6 Å². The first-order valence-corrected chi connectivity index (χ1v) is 30.2. The summed E-state index contributed by atoms with van der Waals surface area (Å²) >= 11 is 0. The minimum atomic E-state index is -1.63. The first-order valence-electron chi connectivity index (χ1n) is 30.2. The number of hydrogen-bond donors (Lipinski definition) is 11. The minimum Gasteiger partial charge on any atom is -0.508 e. The van der Waals surface area contributed by atoms with Crippen molar-refractivity contribution in [1.29, 1.82) is 0 Å². The van der Waals surface area contributed by atoms with Crippen LogP contribution in [0.15, 0.2) is 122 Å². The summed E-state index contributed by atoms with van der Waals surface area (Å²) in [4.78, 5) is 30.6. The molecule has 2 saturated carbocycles. The standard InChI is InChI=1S/C67H76N4O12/c1-4-50(67(80)27-33-19-35(67)22-46-40-16-13-37(75)24-47(40)60(77)44-8-6-7-39(33)55(44)46)65(79)82-53-26-48-61(78)58-52(76)25-38(29-72)81-63(58)59-56-43-17-18-70-64(68)57(43)42(15-10-31-9-12-36(74)23-45(31)49(56)30-73)41-14-11-32-21-54(69-5-2)71-28-34(32)20-51(41)66(53,3)83-62(48)59/h4,6-9,12-13,16-17,21,23,25,28,33,35,37,40-42,46-47,49,51,53-54,56,60,69-75,77-78,80H,5,10-11,14-15,18-20,22,24,26-27,29-30,68H2,1-3H3. The monoisotopic (exact) mass is 1130 g/mol. The molecule has 10 aliphatic rings. The van der Waals surface area contributed by atoms with Crippen molar-refractivity contribution in [2.24, 2.45) is 41.2 Å². The fourth-order valence-electron chi connectivity index (χ4n) is 18.2. The molecule has 0 saturated heterocycles. The van der Waals surface area contributed by atoms with E-state index in [1.807, 2.05) is 37.3 Å². The van der Waals surface area contributed by atoms with Crippen LogP contribution < -0.4 is 31.8 Å². The second-order valence-corrected chi connectivity index (χ2v) is 25.7. The van der Waals surface area contributed by atoms with Crippen molar-refractivity contribution in [2.75, 3.05) is 19.7 Å². The smallest absolute Gasteiger partial charge is 0.337 e. The quantitative estimate of drug-likeness (QED) is 0.0498. The van der Waals surface area contributed by atoms with E-state index in [2.05, 4.69) is 47.3 Å².